The molecule has 2 rings (SSSR count). The third-order valence-corrected chi connectivity index (χ3v) is 5.13. The first kappa shape index (κ1) is 13.9. The van der Waals surface area contributed by atoms with Crippen LogP contribution in [0.3, 0.4) is 0 Å². The Kier molecular flexibility index (Phi) is 5.13. The Morgan fingerprint density at radius 2 is 2.22 bits per heavy atom. The zero-order chi connectivity index (χ0) is 13.0. The lowest BCUT2D eigenvalue weighted by molar-refractivity contribution is 0.635. The van der Waals surface area contributed by atoms with Crippen LogP contribution in [-0.4, -0.2) is 6.04 Å². The molecular formula is C14H16ClNS2. The number of benzene rings is 1. The van der Waals surface area contributed by atoms with Crippen molar-refractivity contribution in [3.63, 3.8) is 0 Å². The SMILES string of the molecule is CCC(N)C(Sc1cccc(Cl)c1)c1ccsc1. The second-order valence-corrected chi connectivity index (χ2v) is 6.56. The minimum absolute atomic E-state index is 0.156. The lowest BCUT2D eigenvalue weighted by Gasteiger charge is -2.21. The molecule has 0 bridgehead atoms. The van der Waals surface area contributed by atoms with Crippen molar-refractivity contribution in [1.82, 2.24) is 0 Å². The molecule has 1 aromatic heterocycles. The summed E-state index contributed by atoms with van der Waals surface area (Å²) in [6, 6.07) is 10.3. The zero-order valence-corrected chi connectivity index (χ0v) is 12.6. The van der Waals surface area contributed by atoms with Crippen LogP contribution in [0, 0.1) is 0 Å². The van der Waals surface area contributed by atoms with Gasteiger partial charge in [-0.25, -0.2) is 0 Å². The van der Waals surface area contributed by atoms with Crippen molar-refractivity contribution in [1.29, 1.82) is 0 Å². The predicted molar refractivity (Wildman–Crippen MR) is 82.6 cm³/mol. The van der Waals surface area contributed by atoms with Crippen LogP contribution in [0.25, 0.3) is 0 Å². The van der Waals surface area contributed by atoms with Crippen LogP contribution in [0.4, 0.5) is 0 Å². The van der Waals surface area contributed by atoms with Crippen molar-refractivity contribution in [3.05, 3.63) is 51.7 Å². The first-order valence-electron chi connectivity index (χ1n) is 5.90. The molecule has 0 aliphatic carbocycles. The normalized spacial score (nSPS) is 14.4. The largest absolute Gasteiger partial charge is 0.326 e. The van der Waals surface area contributed by atoms with Gasteiger partial charge in [-0.2, -0.15) is 11.3 Å². The molecule has 1 nitrogen and oxygen atoms in total. The molecule has 2 N–H and O–H groups in total. The molecule has 0 spiro atoms. The standard InChI is InChI=1S/C14H16ClNS2/c1-2-13(16)14(10-6-7-17-9-10)18-12-5-3-4-11(15)8-12/h3-9,13-14H,2,16H2,1H3. The third kappa shape index (κ3) is 3.51. The second kappa shape index (κ2) is 6.62. The van der Waals surface area contributed by atoms with Gasteiger partial charge < -0.3 is 5.73 Å². The van der Waals surface area contributed by atoms with Crippen LogP contribution in [0.15, 0.2) is 46.0 Å². The molecule has 2 atom stereocenters. The average molecular weight is 298 g/mol. The molecule has 1 aromatic carbocycles. The molecule has 0 saturated carbocycles. The molecule has 0 fully saturated rings. The van der Waals surface area contributed by atoms with Gasteiger partial charge in [-0.05, 0) is 47.0 Å². The molecular weight excluding hydrogens is 282 g/mol. The van der Waals surface area contributed by atoms with Crippen molar-refractivity contribution in [2.75, 3.05) is 0 Å². The van der Waals surface area contributed by atoms with Crippen molar-refractivity contribution in [3.8, 4) is 0 Å². The fourth-order valence-electron chi connectivity index (χ4n) is 1.74. The van der Waals surface area contributed by atoms with Gasteiger partial charge in [-0.1, -0.05) is 24.6 Å². The molecule has 1 heterocycles. The van der Waals surface area contributed by atoms with Gasteiger partial charge in [0.25, 0.3) is 0 Å². The van der Waals surface area contributed by atoms with Crippen LogP contribution in [0.1, 0.15) is 24.2 Å². The molecule has 2 aromatic rings. The minimum atomic E-state index is 0.156. The number of thiophene rings is 1. The summed E-state index contributed by atoms with van der Waals surface area (Å²) in [6.45, 7) is 2.13. The summed E-state index contributed by atoms with van der Waals surface area (Å²) >= 11 is 9.53. The summed E-state index contributed by atoms with van der Waals surface area (Å²) in [6.07, 6.45) is 0.966. The molecule has 0 radical (unpaired) electrons. The van der Waals surface area contributed by atoms with E-state index in [0.717, 1.165) is 11.4 Å². The average Bonchev–Trinajstić information content (AvgIpc) is 2.89. The predicted octanol–water partition coefficient (Wildman–Crippen LogP) is 4.97. The molecule has 0 amide bonds. The van der Waals surface area contributed by atoms with Gasteiger partial charge in [0.05, 0.1) is 5.25 Å². The number of nitrogens with two attached hydrogens (primary N) is 1. The molecule has 2 unspecified atom stereocenters. The van der Waals surface area contributed by atoms with Gasteiger partial charge in [0, 0.05) is 16.0 Å². The number of rotatable bonds is 5. The summed E-state index contributed by atoms with van der Waals surface area (Å²) in [5.41, 5.74) is 7.55. The molecule has 96 valence electrons. The maximum atomic E-state index is 6.25. The van der Waals surface area contributed by atoms with Gasteiger partial charge in [0.2, 0.25) is 0 Å². The maximum absolute atomic E-state index is 6.25. The highest BCUT2D eigenvalue weighted by Crippen LogP contribution is 2.39. The Balaban J connectivity index is 2.20. The van der Waals surface area contributed by atoms with E-state index in [-0.39, 0.29) is 6.04 Å². The van der Waals surface area contributed by atoms with Crippen molar-refractivity contribution < 1.29 is 0 Å². The molecule has 0 aliphatic heterocycles. The Morgan fingerprint density at radius 1 is 1.39 bits per heavy atom. The Morgan fingerprint density at radius 3 is 2.83 bits per heavy atom. The van der Waals surface area contributed by atoms with E-state index in [4.69, 9.17) is 17.3 Å². The Bertz CT molecular complexity index is 484. The van der Waals surface area contributed by atoms with Gasteiger partial charge in [0.15, 0.2) is 0 Å². The van der Waals surface area contributed by atoms with E-state index in [0.29, 0.717) is 5.25 Å². The summed E-state index contributed by atoms with van der Waals surface area (Å²) in [5.74, 6) is 0. The van der Waals surface area contributed by atoms with Crippen molar-refractivity contribution in [2.24, 2.45) is 5.73 Å². The van der Waals surface area contributed by atoms with E-state index in [1.54, 1.807) is 23.1 Å². The van der Waals surface area contributed by atoms with Gasteiger partial charge in [0.1, 0.15) is 0 Å². The van der Waals surface area contributed by atoms with E-state index >= 15 is 0 Å². The van der Waals surface area contributed by atoms with Crippen molar-refractivity contribution >= 4 is 34.7 Å². The molecule has 0 saturated heterocycles. The summed E-state index contributed by atoms with van der Waals surface area (Å²) in [4.78, 5) is 1.17. The maximum Gasteiger partial charge on any atom is 0.0503 e. The van der Waals surface area contributed by atoms with E-state index < -0.39 is 0 Å². The first-order chi connectivity index (χ1) is 8.70. The quantitative estimate of drug-likeness (QED) is 0.788. The Labute approximate surface area is 121 Å². The highest BCUT2D eigenvalue weighted by atomic mass is 35.5. The fourth-order valence-corrected chi connectivity index (χ4v) is 4.07. The van der Waals surface area contributed by atoms with E-state index in [2.05, 4.69) is 29.8 Å². The van der Waals surface area contributed by atoms with Crippen LogP contribution >= 0.6 is 34.7 Å². The number of hydrogen-bond acceptors (Lipinski definition) is 3. The molecule has 18 heavy (non-hydrogen) atoms. The second-order valence-electron chi connectivity index (χ2n) is 4.12. The summed E-state index contributed by atoms with van der Waals surface area (Å²) in [5, 5.41) is 5.34. The fraction of sp³-hybridized carbons (Fsp3) is 0.286. The van der Waals surface area contributed by atoms with Crippen LogP contribution in [0.5, 0.6) is 0 Å². The number of hydrogen-bond donors (Lipinski definition) is 1. The third-order valence-electron chi connectivity index (χ3n) is 2.79. The number of thioether (sulfide) groups is 1. The van der Waals surface area contributed by atoms with Crippen molar-refractivity contribution in [2.45, 2.75) is 29.5 Å². The highest BCUT2D eigenvalue weighted by Gasteiger charge is 2.20. The van der Waals surface area contributed by atoms with Crippen LogP contribution < -0.4 is 5.73 Å². The van der Waals surface area contributed by atoms with E-state index in [9.17, 15) is 0 Å². The zero-order valence-electron chi connectivity index (χ0n) is 10.2. The smallest absolute Gasteiger partial charge is 0.0503 e. The monoisotopic (exact) mass is 297 g/mol. The van der Waals surface area contributed by atoms with E-state index in [1.807, 2.05) is 18.2 Å². The molecule has 4 heteroatoms. The highest BCUT2D eigenvalue weighted by molar-refractivity contribution is 7.99. The summed E-state index contributed by atoms with van der Waals surface area (Å²) < 4.78 is 0. The molecule has 0 aliphatic rings. The lowest BCUT2D eigenvalue weighted by Crippen LogP contribution is -2.25. The lowest BCUT2D eigenvalue weighted by atomic mass is 10.1. The van der Waals surface area contributed by atoms with Gasteiger partial charge >= 0.3 is 0 Å². The number of halogens is 1. The van der Waals surface area contributed by atoms with Crippen LogP contribution in [0.2, 0.25) is 5.02 Å². The topological polar surface area (TPSA) is 26.0 Å². The minimum Gasteiger partial charge on any atom is -0.326 e. The first-order valence-corrected chi connectivity index (χ1v) is 8.10. The van der Waals surface area contributed by atoms with Gasteiger partial charge in [-0.15, -0.1) is 11.8 Å². The van der Waals surface area contributed by atoms with Crippen LogP contribution in [-0.2, 0) is 0 Å². The summed E-state index contributed by atoms with van der Waals surface area (Å²) in [7, 11) is 0. The Hall–Kier alpha value is -0.480. The van der Waals surface area contributed by atoms with Gasteiger partial charge in [-0.3, -0.25) is 0 Å². The van der Waals surface area contributed by atoms with E-state index in [1.165, 1.54) is 10.5 Å².